The molecule has 6 heteroatoms. The molecule has 0 radical (unpaired) electrons. The van der Waals surface area contributed by atoms with Crippen LogP contribution in [0.5, 0.6) is 11.5 Å². The van der Waals surface area contributed by atoms with Gasteiger partial charge in [0, 0.05) is 11.9 Å². The highest BCUT2D eigenvalue weighted by atomic mass is 16.5. The summed E-state index contributed by atoms with van der Waals surface area (Å²) in [6.07, 6.45) is 1.58. The molecule has 2 rings (SSSR count). The van der Waals surface area contributed by atoms with Gasteiger partial charge >= 0.3 is 0 Å². The summed E-state index contributed by atoms with van der Waals surface area (Å²) >= 11 is 0. The number of hydrogen-bond donors (Lipinski definition) is 1. The number of carbonyl (C=O) groups excluding carboxylic acids is 1. The van der Waals surface area contributed by atoms with Crippen LogP contribution in [0.4, 0.5) is 5.69 Å². The molecule has 128 valence electrons. The molecule has 0 bridgehead atoms. The first kappa shape index (κ1) is 17.6. The van der Waals surface area contributed by atoms with E-state index in [4.69, 9.17) is 9.47 Å². The number of carbonyl (C=O) groups is 1. The van der Waals surface area contributed by atoms with Crippen molar-refractivity contribution >= 4 is 11.6 Å². The number of anilines is 1. The lowest BCUT2D eigenvalue weighted by molar-refractivity contribution is -0.118. The average molecular weight is 330 g/mol. The van der Waals surface area contributed by atoms with Gasteiger partial charge in [-0.3, -0.25) is 9.59 Å². The molecule has 2 aromatic rings. The van der Waals surface area contributed by atoms with Crippen molar-refractivity contribution in [2.24, 2.45) is 0 Å². The number of hydrogen-bond acceptors (Lipinski definition) is 4. The summed E-state index contributed by atoms with van der Waals surface area (Å²) in [5.41, 5.74) is 0.318. The maximum atomic E-state index is 12.4. The van der Waals surface area contributed by atoms with Crippen molar-refractivity contribution < 1.29 is 14.3 Å². The van der Waals surface area contributed by atoms with E-state index in [1.165, 1.54) is 4.57 Å². The van der Waals surface area contributed by atoms with Crippen molar-refractivity contribution in [2.75, 3.05) is 18.5 Å². The Morgan fingerprint density at radius 3 is 2.42 bits per heavy atom. The SMILES string of the molecule is CCOc1ccc(NC(=O)C(C)n2cccc(OCC)c2=O)cc1. The van der Waals surface area contributed by atoms with Gasteiger partial charge in [-0.05, 0) is 57.2 Å². The molecule has 1 heterocycles. The normalized spacial score (nSPS) is 11.6. The van der Waals surface area contributed by atoms with Crippen molar-refractivity contribution in [1.82, 2.24) is 4.57 Å². The molecular weight excluding hydrogens is 308 g/mol. The average Bonchev–Trinajstić information content (AvgIpc) is 2.58. The number of nitrogens with zero attached hydrogens (tertiary/aromatic N) is 1. The van der Waals surface area contributed by atoms with E-state index in [-0.39, 0.29) is 17.2 Å². The van der Waals surface area contributed by atoms with Gasteiger partial charge in [-0.2, -0.15) is 0 Å². The zero-order valence-electron chi connectivity index (χ0n) is 14.1. The van der Waals surface area contributed by atoms with Crippen LogP contribution in [0, 0.1) is 0 Å². The first-order valence-electron chi connectivity index (χ1n) is 7.94. The van der Waals surface area contributed by atoms with E-state index in [9.17, 15) is 9.59 Å². The number of pyridine rings is 1. The third-order valence-corrected chi connectivity index (χ3v) is 3.47. The van der Waals surface area contributed by atoms with Crippen LogP contribution in [0.15, 0.2) is 47.4 Å². The Hall–Kier alpha value is -2.76. The Kier molecular flexibility index (Phi) is 6.01. The van der Waals surface area contributed by atoms with Crippen LogP contribution in [-0.4, -0.2) is 23.7 Å². The minimum atomic E-state index is -0.663. The number of ether oxygens (including phenoxy) is 2. The second-order valence-corrected chi connectivity index (χ2v) is 5.14. The topological polar surface area (TPSA) is 69.6 Å². The van der Waals surface area contributed by atoms with E-state index in [1.54, 1.807) is 56.4 Å². The molecule has 1 aromatic heterocycles. The van der Waals surface area contributed by atoms with Gasteiger partial charge in [-0.1, -0.05) is 0 Å². The Morgan fingerprint density at radius 1 is 1.12 bits per heavy atom. The van der Waals surface area contributed by atoms with Crippen LogP contribution < -0.4 is 20.3 Å². The van der Waals surface area contributed by atoms with Gasteiger partial charge < -0.3 is 19.4 Å². The van der Waals surface area contributed by atoms with Crippen molar-refractivity contribution in [3.8, 4) is 11.5 Å². The van der Waals surface area contributed by atoms with Gasteiger partial charge in [0.2, 0.25) is 5.91 Å². The molecule has 1 atom stereocenters. The molecular formula is C18H22N2O4. The molecule has 1 aromatic carbocycles. The molecule has 0 spiro atoms. The zero-order chi connectivity index (χ0) is 17.5. The molecule has 0 aliphatic heterocycles. The van der Waals surface area contributed by atoms with Crippen LogP contribution >= 0.6 is 0 Å². The van der Waals surface area contributed by atoms with Crippen LogP contribution in [0.3, 0.4) is 0 Å². The summed E-state index contributed by atoms with van der Waals surface area (Å²) in [5.74, 6) is 0.694. The van der Waals surface area contributed by atoms with Crippen molar-refractivity contribution in [3.05, 3.63) is 52.9 Å². The predicted molar refractivity (Wildman–Crippen MR) is 92.8 cm³/mol. The van der Waals surface area contributed by atoms with E-state index in [2.05, 4.69) is 5.32 Å². The number of rotatable bonds is 7. The number of nitrogens with one attached hydrogen (secondary N) is 1. The van der Waals surface area contributed by atoms with Crippen molar-refractivity contribution in [1.29, 1.82) is 0 Å². The third-order valence-electron chi connectivity index (χ3n) is 3.47. The van der Waals surface area contributed by atoms with Crippen molar-refractivity contribution in [2.45, 2.75) is 26.8 Å². The summed E-state index contributed by atoms with van der Waals surface area (Å²) in [4.78, 5) is 24.7. The first-order valence-corrected chi connectivity index (χ1v) is 7.94. The summed E-state index contributed by atoms with van der Waals surface area (Å²) in [6.45, 7) is 6.36. The van der Waals surface area contributed by atoms with Gasteiger partial charge in [0.15, 0.2) is 5.75 Å². The van der Waals surface area contributed by atoms with Crippen LogP contribution in [0.2, 0.25) is 0 Å². The molecule has 0 fully saturated rings. The molecule has 6 nitrogen and oxygen atoms in total. The number of amides is 1. The molecule has 1 amide bonds. The highest BCUT2D eigenvalue weighted by molar-refractivity contribution is 5.93. The summed E-state index contributed by atoms with van der Waals surface area (Å²) in [7, 11) is 0. The Labute approximate surface area is 141 Å². The highest BCUT2D eigenvalue weighted by Gasteiger charge is 2.17. The van der Waals surface area contributed by atoms with Gasteiger partial charge in [0.05, 0.1) is 13.2 Å². The Balaban J connectivity index is 2.12. The lowest BCUT2D eigenvalue weighted by Crippen LogP contribution is -2.31. The monoisotopic (exact) mass is 330 g/mol. The second kappa shape index (κ2) is 8.19. The summed E-state index contributed by atoms with van der Waals surface area (Å²) in [6, 6.07) is 9.71. The fourth-order valence-corrected chi connectivity index (χ4v) is 2.23. The molecule has 1 unspecified atom stereocenters. The second-order valence-electron chi connectivity index (χ2n) is 5.14. The van der Waals surface area contributed by atoms with E-state index in [1.807, 2.05) is 6.92 Å². The van der Waals surface area contributed by atoms with Crippen LogP contribution in [0.25, 0.3) is 0 Å². The zero-order valence-corrected chi connectivity index (χ0v) is 14.1. The van der Waals surface area contributed by atoms with E-state index in [0.29, 0.717) is 18.9 Å². The Morgan fingerprint density at radius 2 is 1.79 bits per heavy atom. The van der Waals surface area contributed by atoms with Crippen LogP contribution in [0.1, 0.15) is 26.8 Å². The van der Waals surface area contributed by atoms with Crippen LogP contribution in [-0.2, 0) is 4.79 Å². The van der Waals surface area contributed by atoms with E-state index >= 15 is 0 Å². The Bertz CT molecular complexity index is 737. The minimum Gasteiger partial charge on any atom is -0.494 e. The quantitative estimate of drug-likeness (QED) is 0.847. The smallest absolute Gasteiger partial charge is 0.293 e. The number of benzene rings is 1. The first-order chi connectivity index (χ1) is 11.6. The third kappa shape index (κ3) is 4.16. The fourth-order valence-electron chi connectivity index (χ4n) is 2.23. The summed E-state index contributed by atoms with van der Waals surface area (Å²) in [5, 5.41) is 2.79. The van der Waals surface area contributed by atoms with Gasteiger partial charge in [-0.25, -0.2) is 0 Å². The largest absolute Gasteiger partial charge is 0.494 e. The predicted octanol–water partition coefficient (Wildman–Crippen LogP) is 2.85. The molecule has 0 aliphatic carbocycles. The van der Waals surface area contributed by atoms with E-state index in [0.717, 1.165) is 5.75 Å². The van der Waals surface area contributed by atoms with Crippen molar-refractivity contribution in [3.63, 3.8) is 0 Å². The minimum absolute atomic E-state index is 0.237. The lowest BCUT2D eigenvalue weighted by atomic mass is 10.2. The molecule has 0 saturated heterocycles. The fraction of sp³-hybridized carbons (Fsp3) is 0.333. The summed E-state index contributed by atoms with van der Waals surface area (Å²) < 4.78 is 12.0. The van der Waals surface area contributed by atoms with Gasteiger partial charge in [0.25, 0.3) is 5.56 Å². The molecule has 0 saturated carbocycles. The standard InChI is InChI=1S/C18H22N2O4/c1-4-23-15-10-8-14(9-11-15)19-17(21)13(3)20-12-6-7-16(18(20)22)24-5-2/h6-13H,4-5H2,1-3H3,(H,19,21). The molecule has 0 aliphatic rings. The molecule has 1 N–H and O–H groups in total. The van der Waals surface area contributed by atoms with Gasteiger partial charge in [0.1, 0.15) is 11.8 Å². The maximum Gasteiger partial charge on any atom is 0.293 e. The van der Waals surface area contributed by atoms with E-state index < -0.39 is 6.04 Å². The maximum absolute atomic E-state index is 12.4. The molecule has 24 heavy (non-hydrogen) atoms. The number of aromatic nitrogens is 1. The van der Waals surface area contributed by atoms with Gasteiger partial charge in [-0.15, -0.1) is 0 Å². The lowest BCUT2D eigenvalue weighted by Gasteiger charge is -2.16. The highest BCUT2D eigenvalue weighted by Crippen LogP contribution is 2.17.